The maximum Gasteiger partial charge on any atom is 0.250 e. The zero-order chi connectivity index (χ0) is 16.5. The molecule has 0 aromatic carbocycles. The molecular weight excluding hydrogens is 329 g/mol. The smallest absolute Gasteiger partial charge is 0.250 e. The average molecular weight is 349 g/mol. The monoisotopic (exact) mass is 349 g/mol. The van der Waals surface area contributed by atoms with E-state index in [1.165, 1.54) is 6.07 Å². The van der Waals surface area contributed by atoms with Crippen LogP contribution in [0.2, 0.25) is 0 Å². The molecule has 2 aliphatic rings. The highest BCUT2D eigenvalue weighted by molar-refractivity contribution is 7.09. The van der Waals surface area contributed by atoms with Crippen molar-refractivity contribution in [2.24, 2.45) is 0 Å². The van der Waals surface area contributed by atoms with E-state index in [9.17, 15) is 4.39 Å². The fourth-order valence-electron chi connectivity index (χ4n) is 3.60. The Bertz CT molecular complexity index is 711. The summed E-state index contributed by atoms with van der Waals surface area (Å²) in [6, 6.07) is 3.22. The Morgan fingerprint density at radius 2 is 2.38 bits per heavy atom. The Morgan fingerprint density at radius 3 is 3.17 bits per heavy atom. The van der Waals surface area contributed by atoms with Crippen LogP contribution >= 0.6 is 11.3 Å². The van der Waals surface area contributed by atoms with Gasteiger partial charge in [-0.25, -0.2) is 14.4 Å². The van der Waals surface area contributed by atoms with Crippen LogP contribution in [0, 0.1) is 12.7 Å². The molecule has 0 amide bonds. The fourth-order valence-corrected chi connectivity index (χ4v) is 4.21. The second kappa shape index (κ2) is 6.74. The van der Waals surface area contributed by atoms with Crippen molar-refractivity contribution in [3.8, 4) is 5.88 Å². The Labute approximate surface area is 144 Å². The molecule has 24 heavy (non-hydrogen) atoms. The fraction of sp³-hybridized carbons (Fsp3) is 0.529. The molecule has 2 aromatic rings. The number of fused-ring (bicyclic) bond motifs is 1. The number of pyridine rings is 1. The maximum absolute atomic E-state index is 13.8. The van der Waals surface area contributed by atoms with Gasteiger partial charge in [0, 0.05) is 30.7 Å². The highest BCUT2D eigenvalue weighted by Gasteiger charge is 2.44. The molecule has 0 radical (unpaired) electrons. The lowest BCUT2D eigenvalue weighted by molar-refractivity contribution is -0.0929. The van der Waals surface area contributed by atoms with Gasteiger partial charge in [-0.1, -0.05) is 0 Å². The summed E-state index contributed by atoms with van der Waals surface area (Å²) in [6.07, 6.45) is 3.17. The molecule has 5 nitrogen and oxygen atoms in total. The third-order valence-corrected chi connectivity index (χ3v) is 5.49. The van der Waals surface area contributed by atoms with E-state index >= 15 is 0 Å². The molecule has 2 fully saturated rings. The maximum atomic E-state index is 13.8. The lowest BCUT2D eigenvalue weighted by Gasteiger charge is -2.38. The Kier molecular flexibility index (Phi) is 4.47. The summed E-state index contributed by atoms with van der Waals surface area (Å²) in [7, 11) is 0. The van der Waals surface area contributed by atoms with Crippen LogP contribution in [0.15, 0.2) is 23.7 Å². The number of aromatic nitrogens is 2. The van der Waals surface area contributed by atoms with Crippen molar-refractivity contribution in [3.05, 3.63) is 40.2 Å². The molecule has 3 atom stereocenters. The van der Waals surface area contributed by atoms with E-state index in [-0.39, 0.29) is 24.1 Å². The first-order valence-corrected chi connectivity index (χ1v) is 9.12. The highest BCUT2D eigenvalue weighted by Crippen LogP contribution is 2.33. The van der Waals surface area contributed by atoms with E-state index < -0.39 is 5.82 Å². The van der Waals surface area contributed by atoms with Crippen LogP contribution < -0.4 is 4.74 Å². The molecule has 0 spiro atoms. The number of ether oxygens (including phenoxy) is 2. The molecule has 128 valence electrons. The number of halogens is 1. The largest absolute Gasteiger partial charge is 0.469 e. The third-order valence-electron chi connectivity index (χ3n) is 4.67. The first-order valence-electron chi connectivity index (χ1n) is 8.24. The Hall–Kier alpha value is -1.57. The first kappa shape index (κ1) is 15.9. The van der Waals surface area contributed by atoms with Gasteiger partial charge < -0.3 is 9.47 Å². The first-order chi connectivity index (χ1) is 11.7. The van der Waals surface area contributed by atoms with E-state index in [2.05, 4.69) is 20.2 Å². The van der Waals surface area contributed by atoms with Crippen molar-refractivity contribution in [1.29, 1.82) is 0 Å². The molecule has 0 N–H and O–H groups in total. The number of nitrogens with zero attached hydrogens (tertiary/aromatic N) is 3. The van der Waals surface area contributed by atoms with Crippen LogP contribution in [0.4, 0.5) is 4.39 Å². The van der Waals surface area contributed by atoms with Crippen LogP contribution in [0.3, 0.4) is 0 Å². The summed E-state index contributed by atoms with van der Waals surface area (Å²) < 4.78 is 25.6. The van der Waals surface area contributed by atoms with Gasteiger partial charge >= 0.3 is 0 Å². The van der Waals surface area contributed by atoms with Crippen molar-refractivity contribution in [1.82, 2.24) is 14.9 Å². The van der Waals surface area contributed by atoms with E-state index in [1.807, 2.05) is 6.92 Å². The molecular formula is C17H20FN3O2S. The molecule has 1 aliphatic heterocycles. The van der Waals surface area contributed by atoms with E-state index in [0.717, 1.165) is 36.6 Å². The molecule has 4 rings (SSSR count). The van der Waals surface area contributed by atoms with Crippen LogP contribution in [-0.2, 0) is 11.3 Å². The number of aryl methyl sites for hydroxylation is 1. The van der Waals surface area contributed by atoms with Gasteiger partial charge in [-0.05, 0) is 31.9 Å². The number of hydrogen-bond acceptors (Lipinski definition) is 6. The Balaban J connectivity index is 1.45. The molecule has 1 aliphatic carbocycles. The zero-order valence-electron chi connectivity index (χ0n) is 13.5. The predicted molar refractivity (Wildman–Crippen MR) is 88.6 cm³/mol. The number of morpholine rings is 1. The molecule has 1 saturated heterocycles. The lowest BCUT2D eigenvalue weighted by Crippen LogP contribution is -2.51. The minimum Gasteiger partial charge on any atom is -0.469 e. The van der Waals surface area contributed by atoms with Crippen molar-refractivity contribution in [2.75, 3.05) is 13.2 Å². The summed E-state index contributed by atoms with van der Waals surface area (Å²) in [5.74, 6) is -0.356. The van der Waals surface area contributed by atoms with Gasteiger partial charge in [0.05, 0.1) is 17.3 Å². The van der Waals surface area contributed by atoms with Crippen molar-refractivity contribution in [2.45, 2.75) is 44.6 Å². The lowest BCUT2D eigenvalue weighted by atomic mass is 10.1. The molecule has 0 unspecified atom stereocenters. The summed E-state index contributed by atoms with van der Waals surface area (Å²) in [4.78, 5) is 11.0. The number of thiazole rings is 1. The molecule has 3 heterocycles. The summed E-state index contributed by atoms with van der Waals surface area (Å²) >= 11 is 1.68. The second-order valence-electron chi connectivity index (χ2n) is 6.26. The SMILES string of the molecule is Cc1nc(CN2CCO[C@H]3[C@H](Oc4ncccc4F)CC[C@@H]32)cs1. The van der Waals surface area contributed by atoms with E-state index in [1.54, 1.807) is 23.6 Å². The minimum atomic E-state index is -0.424. The average Bonchev–Trinajstić information content (AvgIpc) is 3.17. The Morgan fingerprint density at radius 1 is 1.46 bits per heavy atom. The molecule has 2 aromatic heterocycles. The van der Waals surface area contributed by atoms with E-state index in [0.29, 0.717) is 6.61 Å². The van der Waals surface area contributed by atoms with E-state index in [4.69, 9.17) is 9.47 Å². The molecule has 1 saturated carbocycles. The van der Waals surface area contributed by atoms with Crippen molar-refractivity contribution in [3.63, 3.8) is 0 Å². The number of hydrogen-bond donors (Lipinski definition) is 0. The van der Waals surface area contributed by atoms with Gasteiger partial charge in [0.1, 0.15) is 12.2 Å². The summed E-state index contributed by atoms with van der Waals surface area (Å²) in [6.45, 7) is 4.41. The summed E-state index contributed by atoms with van der Waals surface area (Å²) in [5.41, 5.74) is 1.11. The minimum absolute atomic E-state index is 0.0418. The highest BCUT2D eigenvalue weighted by atomic mass is 32.1. The topological polar surface area (TPSA) is 47.5 Å². The van der Waals surface area contributed by atoms with Gasteiger partial charge in [0.15, 0.2) is 5.82 Å². The van der Waals surface area contributed by atoms with Gasteiger partial charge in [0.2, 0.25) is 0 Å². The quantitative estimate of drug-likeness (QED) is 0.849. The second-order valence-corrected chi connectivity index (χ2v) is 7.32. The molecule has 0 bridgehead atoms. The standard InChI is InChI=1S/C17H20FN3O2S/c1-11-20-12(10-24-11)9-21-7-8-22-16-14(21)4-5-15(16)23-17-13(18)3-2-6-19-17/h2-3,6,10,14-16H,4-5,7-9H2,1H3/t14-,15+,16+/m0/s1. The molecule has 7 heteroatoms. The van der Waals surface area contributed by atoms with Gasteiger partial charge in [-0.3, -0.25) is 4.90 Å². The van der Waals surface area contributed by atoms with Crippen molar-refractivity contribution < 1.29 is 13.9 Å². The third kappa shape index (κ3) is 3.16. The van der Waals surface area contributed by atoms with Gasteiger partial charge in [0.25, 0.3) is 5.88 Å². The van der Waals surface area contributed by atoms with Crippen molar-refractivity contribution >= 4 is 11.3 Å². The summed E-state index contributed by atoms with van der Waals surface area (Å²) in [5, 5.41) is 3.21. The normalized spacial score (nSPS) is 27.2. The van der Waals surface area contributed by atoms with Gasteiger partial charge in [-0.15, -0.1) is 11.3 Å². The van der Waals surface area contributed by atoms with Crippen LogP contribution in [0.5, 0.6) is 5.88 Å². The number of rotatable bonds is 4. The van der Waals surface area contributed by atoms with Crippen LogP contribution in [0.1, 0.15) is 23.5 Å². The van der Waals surface area contributed by atoms with Crippen LogP contribution in [0.25, 0.3) is 0 Å². The predicted octanol–water partition coefficient (Wildman–Crippen LogP) is 2.80. The zero-order valence-corrected chi connectivity index (χ0v) is 14.3. The van der Waals surface area contributed by atoms with Crippen LogP contribution in [-0.4, -0.2) is 46.3 Å². The van der Waals surface area contributed by atoms with Gasteiger partial charge in [-0.2, -0.15) is 0 Å².